The maximum Gasteiger partial charge on any atom is 2.00 e. The minimum Gasteiger partial charge on any atom is -0.507 e. The van der Waals surface area contributed by atoms with Crippen molar-refractivity contribution in [2.45, 2.75) is 12.8 Å². The Kier molecular flexibility index (Phi) is 16.3. The molecule has 204 valence electrons. The van der Waals surface area contributed by atoms with E-state index in [9.17, 15) is 30.4 Å². The summed E-state index contributed by atoms with van der Waals surface area (Å²) in [7, 11) is 7.93. The number of non-ortho nitro benzene ring substituents is 2. The van der Waals surface area contributed by atoms with E-state index in [4.69, 9.17) is 0 Å². The van der Waals surface area contributed by atoms with Crippen molar-refractivity contribution in [1.82, 2.24) is 9.80 Å². The fraction of sp³-hybridized carbons (Fsp3) is 0.417. The first-order valence-corrected chi connectivity index (χ1v) is 11.2. The zero-order valence-electron chi connectivity index (χ0n) is 21.4. The first kappa shape index (κ1) is 33.6. The largest absolute Gasteiger partial charge is 2.00 e. The van der Waals surface area contributed by atoms with Gasteiger partial charge in [-0.15, -0.1) is 0 Å². The van der Waals surface area contributed by atoms with Crippen LogP contribution in [0.1, 0.15) is 24.0 Å². The summed E-state index contributed by atoms with van der Waals surface area (Å²) >= 11 is 0. The van der Waals surface area contributed by atoms with Crippen molar-refractivity contribution >= 4 is 23.8 Å². The Balaban J connectivity index is 0.000000682. The van der Waals surface area contributed by atoms with Crippen molar-refractivity contribution in [1.29, 1.82) is 0 Å². The molecule has 0 amide bonds. The molecule has 0 bridgehead atoms. The molecule has 2 rings (SSSR count). The van der Waals surface area contributed by atoms with Crippen molar-refractivity contribution in [3.63, 3.8) is 0 Å². The maximum atomic E-state index is 10.6. The number of phenols is 2. The molecular weight excluding hydrogens is 527 g/mol. The topological polar surface area (TPSA) is 158 Å². The van der Waals surface area contributed by atoms with Gasteiger partial charge in [0.25, 0.3) is 11.4 Å². The number of rotatable bonds is 12. The first-order valence-electron chi connectivity index (χ1n) is 11.2. The molecule has 0 radical (unpaired) electrons. The van der Waals surface area contributed by atoms with Crippen molar-refractivity contribution in [3.05, 3.63) is 67.8 Å². The van der Waals surface area contributed by atoms with E-state index in [1.807, 2.05) is 28.2 Å². The van der Waals surface area contributed by atoms with Gasteiger partial charge in [-0.3, -0.25) is 30.2 Å². The molecule has 2 aromatic carbocycles. The van der Waals surface area contributed by atoms with E-state index in [1.54, 1.807) is 0 Å². The zero-order chi connectivity index (χ0) is 27.1. The normalized spacial score (nSPS) is 11.0. The predicted octanol–water partition coefficient (Wildman–Crippen LogP) is 3.34. The van der Waals surface area contributed by atoms with E-state index >= 15 is 0 Å². The Bertz CT molecular complexity index is 979. The summed E-state index contributed by atoms with van der Waals surface area (Å²) in [5, 5.41) is 40.3. The quantitative estimate of drug-likeness (QED) is 0.131. The second-order valence-electron chi connectivity index (χ2n) is 8.38. The van der Waals surface area contributed by atoms with Gasteiger partial charge in [-0.2, -0.15) is 0 Å². The van der Waals surface area contributed by atoms with E-state index in [1.165, 1.54) is 48.8 Å². The molecule has 0 saturated carbocycles. The van der Waals surface area contributed by atoms with E-state index in [2.05, 4.69) is 19.8 Å². The van der Waals surface area contributed by atoms with Crippen LogP contribution >= 0.6 is 0 Å². The first-order chi connectivity index (χ1) is 17.0. The van der Waals surface area contributed by atoms with Crippen LogP contribution in [-0.2, 0) is 16.5 Å². The summed E-state index contributed by atoms with van der Waals surface area (Å²) in [6.45, 7) is 3.11. The molecule has 0 saturated heterocycles. The summed E-state index contributed by atoms with van der Waals surface area (Å²) in [5.74, 6) is -0.00563. The molecular formula is C24H34N6NiO6+2. The third-order valence-corrected chi connectivity index (χ3v) is 4.69. The van der Waals surface area contributed by atoms with Gasteiger partial charge in [0.05, 0.1) is 9.85 Å². The molecule has 0 aromatic heterocycles. The zero-order valence-corrected chi connectivity index (χ0v) is 22.4. The third-order valence-electron chi connectivity index (χ3n) is 4.69. The average molecular weight is 561 g/mol. The molecule has 0 spiro atoms. The van der Waals surface area contributed by atoms with Gasteiger partial charge in [0, 0.05) is 60.9 Å². The van der Waals surface area contributed by atoms with Crippen LogP contribution in [0, 0.1) is 20.2 Å². The molecule has 0 unspecified atom stereocenters. The number of nitro groups is 2. The van der Waals surface area contributed by atoms with E-state index < -0.39 is 9.85 Å². The van der Waals surface area contributed by atoms with Crippen LogP contribution in [-0.4, -0.2) is 96.7 Å². The number of hydrogen-bond acceptors (Lipinski definition) is 10. The number of aliphatic imine (C=N–C) groups is 2. The van der Waals surface area contributed by atoms with Gasteiger partial charge in [-0.1, -0.05) is 0 Å². The monoisotopic (exact) mass is 560 g/mol. The fourth-order valence-electron chi connectivity index (χ4n) is 2.80. The second-order valence-corrected chi connectivity index (χ2v) is 8.38. The SMILES string of the molecule is CN(C)CCCN=Cc1cc([N+](=O)[O-])ccc1O.CN(C)CCCN=Cc1cc([N+](=O)[O-])ccc1O.[Ni+2]. The molecule has 12 nitrogen and oxygen atoms in total. The molecule has 2 N–H and O–H groups in total. The van der Waals surface area contributed by atoms with Crippen molar-refractivity contribution in [2.75, 3.05) is 54.4 Å². The molecule has 37 heavy (non-hydrogen) atoms. The number of phenolic OH excluding ortho intramolecular Hbond substituents is 2. The van der Waals surface area contributed by atoms with Crippen LogP contribution in [0.5, 0.6) is 11.5 Å². The fourth-order valence-corrected chi connectivity index (χ4v) is 2.80. The Morgan fingerprint density at radius 3 is 1.41 bits per heavy atom. The smallest absolute Gasteiger partial charge is 0.507 e. The Hall–Kier alpha value is -3.41. The van der Waals surface area contributed by atoms with E-state index in [0.29, 0.717) is 24.2 Å². The van der Waals surface area contributed by atoms with Crippen molar-refractivity contribution in [3.8, 4) is 11.5 Å². The second kappa shape index (κ2) is 17.9. The molecule has 0 aliphatic rings. The molecule has 0 atom stereocenters. The molecule has 0 aliphatic heterocycles. The third kappa shape index (κ3) is 14.1. The summed E-state index contributed by atoms with van der Waals surface area (Å²) in [6.07, 6.45) is 4.74. The van der Waals surface area contributed by atoms with Gasteiger partial charge in [0.15, 0.2) is 0 Å². The average Bonchev–Trinajstić information content (AvgIpc) is 2.80. The Morgan fingerprint density at radius 2 is 1.11 bits per heavy atom. The van der Waals surface area contributed by atoms with Gasteiger partial charge >= 0.3 is 16.5 Å². The molecule has 0 aliphatic carbocycles. The molecule has 2 aromatic rings. The molecule has 0 fully saturated rings. The predicted molar refractivity (Wildman–Crippen MR) is 141 cm³/mol. The van der Waals surface area contributed by atoms with Gasteiger partial charge in [-0.25, -0.2) is 0 Å². The van der Waals surface area contributed by atoms with Gasteiger partial charge < -0.3 is 20.0 Å². The number of aromatic hydroxyl groups is 2. The summed E-state index contributed by atoms with van der Waals surface area (Å²) in [5.41, 5.74) is 0.633. The van der Waals surface area contributed by atoms with Crippen LogP contribution in [0.25, 0.3) is 0 Å². The number of nitrogens with zero attached hydrogens (tertiary/aromatic N) is 6. The Morgan fingerprint density at radius 1 is 0.757 bits per heavy atom. The number of hydrogen-bond donors (Lipinski definition) is 2. The minimum atomic E-state index is -0.497. The molecule has 0 heterocycles. The van der Waals surface area contributed by atoms with Crippen LogP contribution in [0.2, 0.25) is 0 Å². The Labute approximate surface area is 226 Å². The van der Waals surface area contributed by atoms with Crippen molar-refractivity contribution in [2.24, 2.45) is 9.98 Å². The summed E-state index contributed by atoms with van der Waals surface area (Å²) in [4.78, 5) is 32.6. The van der Waals surface area contributed by atoms with E-state index in [-0.39, 0.29) is 39.4 Å². The number of benzene rings is 2. The number of nitro benzene ring substituents is 2. The maximum absolute atomic E-state index is 10.6. The molecule has 13 heteroatoms. The minimum absolute atomic E-state index is 0. The van der Waals surface area contributed by atoms with Crippen LogP contribution < -0.4 is 0 Å². The van der Waals surface area contributed by atoms with Crippen molar-refractivity contribution < 1.29 is 36.6 Å². The standard InChI is InChI=1S/2C12H17N3O3.Ni/c2*1-14(2)7-3-6-13-9-10-8-11(15(17)18)4-5-12(10)16;/h2*4-5,8-9,16H,3,6-7H2,1-2H3;/q;;+2. The van der Waals surface area contributed by atoms with Gasteiger partial charge in [-0.05, 0) is 66.3 Å². The summed E-state index contributed by atoms with van der Waals surface area (Å²) in [6, 6.07) is 7.76. The van der Waals surface area contributed by atoms with Crippen LogP contribution in [0.15, 0.2) is 46.4 Å². The van der Waals surface area contributed by atoms with Crippen LogP contribution in [0.4, 0.5) is 11.4 Å². The van der Waals surface area contributed by atoms with Crippen LogP contribution in [0.3, 0.4) is 0 Å². The van der Waals surface area contributed by atoms with E-state index in [0.717, 1.165) is 25.9 Å². The van der Waals surface area contributed by atoms with Gasteiger partial charge in [0.2, 0.25) is 0 Å². The van der Waals surface area contributed by atoms with Gasteiger partial charge in [0.1, 0.15) is 11.5 Å². The summed E-state index contributed by atoms with van der Waals surface area (Å²) < 4.78 is 0.